The number of benzene rings is 2. The van der Waals surface area contributed by atoms with Crippen LogP contribution in [-0.2, 0) is 9.59 Å². The lowest BCUT2D eigenvalue weighted by Crippen LogP contribution is -2.35. The van der Waals surface area contributed by atoms with Gasteiger partial charge in [-0.3, -0.25) is 9.59 Å². The van der Waals surface area contributed by atoms with Crippen molar-refractivity contribution < 1.29 is 19.4 Å². The number of aryl methyl sites for hydroxylation is 2. The van der Waals surface area contributed by atoms with Crippen molar-refractivity contribution in [2.75, 3.05) is 32.2 Å². The fourth-order valence-corrected chi connectivity index (χ4v) is 3.50. The standard InChI is InChI=1S/C22H24N2O4/c1-14-9-10-17(15(2)13-14)24-21(26)19(16-7-5-6-8-18(16)28-4)20(22(24)27)23(3)11-12-25/h5-10,13,25H,11-12H2,1-4H3. The summed E-state index contributed by atoms with van der Waals surface area (Å²) in [5.74, 6) is -0.300. The van der Waals surface area contributed by atoms with Gasteiger partial charge < -0.3 is 14.7 Å². The Labute approximate surface area is 164 Å². The topological polar surface area (TPSA) is 70.1 Å². The number of ether oxygens (including phenoxy) is 1. The molecule has 0 radical (unpaired) electrons. The van der Waals surface area contributed by atoms with E-state index in [0.29, 0.717) is 17.0 Å². The van der Waals surface area contributed by atoms with E-state index in [2.05, 4.69) is 0 Å². The lowest BCUT2D eigenvalue weighted by molar-refractivity contribution is -0.120. The van der Waals surface area contributed by atoms with Gasteiger partial charge in [-0.2, -0.15) is 0 Å². The molecule has 1 heterocycles. The highest BCUT2D eigenvalue weighted by atomic mass is 16.5. The molecule has 0 saturated heterocycles. The van der Waals surface area contributed by atoms with Gasteiger partial charge in [0.2, 0.25) is 0 Å². The first kappa shape index (κ1) is 19.6. The number of likely N-dealkylation sites (N-methyl/N-ethyl adjacent to an activating group) is 1. The zero-order valence-electron chi connectivity index (χ0n) is 16.5. The van der Waals surface area contributed by atoms with Crippen LogP contribution in [0.25, 0.3) is 5.57 Å². The van der Waals surface area contributed by atoms with E-state index in [1.807, 2.05) is 32.0 Å². The minimum Gasteiger partial charge on any atom is -0.496 e. The summed E-state index contributed by atoms with van der Waals surface area (Å²) in [6.07, 6.45) is 0. The molecule has 2 aromatic rings. The van der Waals surface area contributed by atoms with Gasteiger partial charge in [0.25, 0.3) is 11.8 Å². The maximum atomic E-state index is 13.4. The quantitative estimate of drug-likeness (QED) is 0.780. The number of carbonyl (C=O) groups excluding carboxylic acids is 2. The molecule has 0 aliphatic carbocycles. The van der Waals surface area contributed by atoms with Crippen molar-refractivity contribution >= 4 is 23.1 Å². The van der Waals surface area contributed by atoms with Crippen LogP contribution in [-0.4, -0.2) is 49.1 Å². The van der Waals surface area contributed by atoms with E-state index in [0.717, 1.165) is 11.1 Å². The number of anilines is 1. The highest BCUT2D eigenvalue weighted by molar-refractivity contribution is 6.45. The average molecular weight is 380 g/mol. The number of rotatable bonds is 6. The Morgan fingerprint density at radius 2 is 1.79 bits per heavy atom. The van der Waals surface area contributed by atoms with Crippen molar-refractivity contribution in [3.8, 4) is 5.75 Å². The molecule has 28 heavy (non-hydrogen) atoms. The van der Waals surface area contributed by atoms with E-state index >= 15 is 0 Å². The van der Waals surface area contributed by atoms with Crippen LogP contribution in [0.3, 0.4) is 0 Å². The first-order valence-corrected chi connectivity index (χ1v) is 9.06. The summed E-state index contributed by atoms with van der Waals surface area (Å²) in [6, 6.07) is 12.7. The van der Waals surface area contributed by atoms with Gasteiger partial charge in [-0.1, -0.05) is 35.9 Å². The van der Waals surface area contributed by atoms with Gasteiger partial charge in [0, 0.05) is 19.2 Å². The molecule has 2 amide bonds. The summed E-state index contributed by atoms with van der Waals surface area (Å²) < 4.78 is 5.43. The lowest BCUT2D eigenvalue weighted by Gasteiger charge is -2.21. The molecule has 1 aliphatic rings. The summed E-state index contributed by atoms with van der Waals surface area (Å²) in [5, 5.41) is 9.37. The molecule has 0 saturated carbocycles. The summed E-state index contributed by atoms with van der Waals surface area (Å²) in [4.78, 5) is 29.6. The maximum Gasteiger partial charge on any atom is 0.282 e. The summed E-state index contributed by atoms with van der Waals surface area (Å²) in [5.41, 5.74) is 3.53. The molecule has 0 bridgehead atoms. The Hall–Kier alpha value is -3.12. The number of aliphatic hydroxyl groups excluding tert-OH is 1. The van der Waals surface area contributed by atoms with E-state index in [-0.39, 0.29) is 24.4 Å². The summed E-state index contributed by atoms with van der Waals surface area (Å²) >= 11 is 0. The molecule has 6 heteroatoms. The van der Waals surface area contributed by atoms with E-state index in [4.69, 9.17) is 4.74 Å². The van der Waals surface area contributed by atoms with Gasteiger partial charge in [0.15, 0.2) is 0 Å². The van der Waals surface area contributed by atoms with Crippen LogP contribution in [0.4, 0.5) is 5.69 Å². The highest BCUT2D eigenvalue weighted by Crippen LogP contribution is 2.38. The molecule has 3 rings (SSSR count). The lowest BCUT2D eigenvalue weighted by atomic mass is 10.0. The van der Waals surface area contributed by atoms with Crippen LogP contribution < -0.4 is 9.64 Å². The van der Waals surface area contributed by atoms with Crippen LogP contribution in [0, 0.1) is 13.8 Å². The average Bonchev–Trinajstić information content (AvgIpc) is 2.92. The van der Waals surface area contributed by atoms with Crippen molar-refractivity contribution in [2.24, 2.45) is 0 Å². The molecule has 0 fully saturated rings. The van der Waals surface area contributed by atoms with E-state index in [1.54, 1.807) is 36.2 Å². The molecule has 1 N–H and O–H groups in total. The maximum absolute atomic E-state index is 13.4. The number of nitrogens with zero attached hydrogens (tertiary/aromatic N) is 2. The molecule has 0 atom stereocenters. The molecule has 0 unspecified atom stereocenters. The molecule has 146 valence electrons. The summed E-state index contributed by atoms with van der Waals surface area (Å²) in [7, 11) is 3.22. The third kappa shape index (κ3) is 3.27. The third-order valence-corrected chi connectivity index (χ3v) is 4.85. The zero-order valence-corrected chi connectivity index (χ0v) is 16.5. The van der Waals surface area contributed by atoms with Gasteiger partial charge in [-0.05, 0) is 31.5 Å². The number of hydrogen-bond acceptors (Lipinski definition) is 5. The number of aliphatic hydroxyl groups is 1. The van der Waals surface area contributed by atoms with Gasteiger partial charge in [0.1, 0.15) is 11.4 Å². The molecule has 6 nitrogen and oxygen atoms in total. The van der Waals surface area contributed by atoms with Crippen molar-refractivity contribution in [3.05, 3.63) is 64.9 Å². The first-order valence-electron chi connectivity index (χ1n) is 9.06. The van der Waals surface area contributed by atoms with Gasteiger partial charge in [0.05, 0.1) is 25.0 Å². The smallest absolute Gasteiger partial charge is 0.282 e. The molecule has 0 aromatic heterocycles. The van der Waals surface area contributed by atoms with Crippen LogP contribution in [0.5, 0.6) is 5.75 Å². The molecule has 0 spiro atoms. The predicted molar refractivity (Wildman–Crippen MR) is 108 cm³/mol. The fourth-order valence-electron chi connectivity index (χ4n) is 3.50. The third-order valence-electron chi connectivity index (χ3n) is 4.85. The molecular weight excluding hydrogens is 356 g/mol. The van der Waals surface area contributed by atoms with Crippen molar-refractivity contribution in [2.45, 2.75) is 13.8 Å². The second kappa shape index (κ2) is 7.86. The predicted octanol–water partition coefficient (Wildman–Crippen LogP) is 2.52. The van der Waals surface area contributed by atoms with E-state index < -0.39 is 11.8 Å². The molecule has 2 aromatic carbocycles. The molecule has 1 aliphatic heterocycles. The van der Waals surface area contributed by atoms with Crippen LogP contribution >= 0.6 is 0 Å². The number of imide groups is 1. The second-order valence-electron chi connectivity index (χ2n) is 6.80. The van der Waals surface area contributed by atoms with Crippen LogP contribution in [0.1, 0.15) is 16.7 Å². The van der Waals surface area contributed by atoms with Gasteiger partial charge in [-0.25, -0.2) is 4.90 Å². The van der Waals surface area contributed by atoms with E-state index in [9.17, 15) is 14.7 Å². The van der Waals surface area contributed by atoms with Crippen LogP contribution in [0.2, 0.25) is 0 Å². The Morgan fingerprint density at radius 3 is 2.43 bits per heavy atom. The molecular formula is C22H24N2O4. The highest BCUT2D eigenvalue weighted by Gasteiger charge is 2.42. The summed E-state index contributed by atoms with van der Waals surface area (Å²) in [6.45, 7) is 3.93. The Bertz CT molecular complexity index is 965. The van der Waals surface area contributed by atoms with Crippen molar-refractivity contribution in [3.63, 3.8) is 0 Å². The number of methoxy groups -OCH3 is 1. The number of para-hydroxylation sites is 1. The SMILES string of the molecule is COc1ccccc1C1=C(N(C)CCO)C(=O)N(c2ccc(C)cc2C)C1=O. The Morgan fingerprint density at radius 1 is 1.07 bits per heavy atom. The Balaban J connectivity index is 2.20. The Kier molecular flexibility index (Phi) is 5.51. The van der Waals surface area contributed by atoms with Crippen molar-refractivity contribution in [1.29, 1.82) is 0 Å². The second-order valence-corrected chi connectivity index (χ2v) is 6.80. The van der Waals surface area contributed by atoms with Gasteiger partial charge in [-0.15, -0.1) is 0 Å². The minimum absolute atomic E-state index is 0.135. The first-order chi connectivity index (χ1) is 13.4. The normalized spacial score (nSPS) is 14.1. The zero-order chi connectivity index (χ0) is 20.4. The minimum atomic E-state index is -0.409. The number of amides is 2. The number of hydrogen-bond donors (Lipinski definition) is 1. The van der Waals surface area contributed by atoms with E-state index in [1.165, 1.54) is 12.0 Å². The number of carbonyl (C=O) groups is 2. The largest absolute Gasteiger partial charge is 0.496 e. The van der Waals surface area contributed by atoms with Gasteiger partial charge >= 0.3 is 0 Å². The van der Waals surface area contributed by atoms with Crippen molar-refractivity contribution in [1.82, 2.24) is 4.90 Å². The van der Waals surface area contributed by atoms with Crippen LogP contribution in [0.15, 0.2) is 48.2 Å². The monoisotopic (exact) mass is 380 g/mol. The fraction of sp³-hybridized carbons (Fsp3) is 0.273.